The molecule has 4 rings (SSSR count). The van der Waals surface area contributed by atoms with Crippen LogP contribution >= 0.6 is 0 Å². The highest BCUT2D eigenvalue weighted by Gasteiger charge is 2.23. The van der Waals surface area contributed by atoms with E-state index in [1.165, 1.54) is 0 Å². The van der Waals surface area contributed by atoms with Crippen molar-refractivity contribution < 1.29 is 9.53 Å². The summed E-state index contributed by atoms with van der Waals surface area (Å²) >= 11 is 0. The second-order valence-corrected chi connectivity index (χ2v) is 7.39. The number of anilines is 4. The average molecular weight is 405 g/mol. The van der Waals surface area contributed by atoms with Crippen molar-refractivity contribution in [3.05, 3.63) is 30.0 Å². The van der Waals surface area contributed by atoms with Crippen molar-refractivity contribution in [1.82, 2.24) is 15.0 Å². The maximum absolute atomic E-state index is 12.0. The van der Waals surface area contributed by atoms with Crippen LogP contribution in [0.25, 0.3) is 11.0 Å². The number of nitrogens with one attached hydrogen (secondary N) is 3. The van der Waals surface area contributed by atoms with E-state index in [1.54, 1.807) is 18.2 Å². The van der Waals surface area contributed by atoms with Crippen molar-refractivity contribution in [2.75, 3.05) is 29.2 Å². The van der Waals surface area contributed by atoms with Gasteiger partial charge in [0, 0.05) is 37.0 Å². The van der Waals surface area contributed by atoms with Gasteiger partial charge in [0.2, 0.25) is 11.9 Å². The number of fused-ring (bicyclic) bond motifs is 1. The summed E-state index contributed by atoms with van der Waals surface area (Å²) in [5.74, 6) is 1.64. The lowest BCUT2D eigenvalue weighted by Crippen LogP contribution is -2.23. The van der Waals surface area contributed by atoms with E-state index in [-0.39, 0.29) is 11.9 Å². The Labute approximate surface area is 174 Å². The van der Waals surface area contributed by atoms with E-state index in [1.807, 2.05) is 32.0 Å². The SMILES string of the molecule is COc1cc(N2CCCC2=O)ccc1Nc1nc(NC(C)C)c2c(C#N)c[nH]c2n1. The molecule has 3 N–H and O–H groups in total. The number of rotatable bonds is 6. The molecule has 154 valence electrons. The molecular formula is C21H23N7O2. The second-order valence-electron chi connectivity index (χ2n) is 7.39. The fourth-order valence-corrected chi connectivity index (χ4v) is 3.55. The van der Waals surface area contributed by atoms with Gasteiger partial charge in [0.1, 0.15) is 23.3 Å². The molecule has 0 saturated carbocycles. The van der Waals surface area contributed by atoms with Gasteiger partial charge in [-0.05, 0) is 32.4 Å². The highest BCUT2D eigenvalue weighted by atomic mass is 16.5. The molecule has 1 fully saturated rings. The van der Waals surface area contributed by atoms with Gasteiger partial charge in [-0.3, -0.25) is 4.79 Å². The number of carbonyl (C=O) groups is 1. The van der Waals surface area contributed by atoms with Gasteiger partial charge in [-0.1, -0.05) is 0 Å². The quantitative estimate of drug-likeness (QED) is 0.574. The van der Waals surface area contributed by atoms with Crippen LogP contribution in [0.2, 0.25) is 0 Å². The molecule has 3 heterocycles. The summed E-state index contributed by atoms with van der Waals surface area (Å²) in [6.45, 7) is 4.72. The zero-order valence-corrected chi connectivity index (χ0v) is 17.1. The standard InChI is InChI=1S/C21H23N7O2/c1-12(2)24-20-18-13(10-22)11-23-19(18)26-21(27-20)25-15-7-6-14(9-16(15)30-3)28-8-4-5-17(28)29/h6-7,9,11-12H,4-5,8H2,1-3H3,(H3,23,24,25,26,27). The third-order valence-electron chi connectivity index (χ3n) is 4.89. The molecule has 1 aliphatic rings. The third kappa shape index (κ3) is 3.59. The Morgan fingerprint density at radius 1 is 1.33 bits per heavy atom. The number of nitrogens with zero attached hydrogens (tertiary/aromatic N) is 4. The number of carbonyl (C=O) groups excluding carboxylic acids is 1. The van der Waals surface area contributed by atoms with Crippen LogP contribution in [0.5, 0.6) is 5.75 Å². The van der Waals surface area contributed by atoms with Crippen molar-refractivity contribution in [2.45, 2.75) is 32.7 Å². The van der Waals surface area contributed by atoms with Crippen LogP contribution in [0.4, 0.5) is 23.1 Å². The third-order valence-corrected chi connectivity index (χ3v) is 4.89. The summed E-state index contributed by atoms with van der Waals surface area (Å²) in [7, 11) is 1.58. The number of benzene rings is 1. The molecule has 0 spiro atoms. The van der Waals surface area contributed by atoms with Crippen molar-refractivity contribution >= 4 is 40.1 Å². The Morgan fingerprint density at radius 3 is 2.83 bits per heavy atom. The molecule has 2 aromatic heterocycles. The van der Waals surface area contributed by atoms with Crippen LogP contribution in [0, 0.1) is 11.3 Å². The first-order valence-electron chi connectivity index (χ1n) is 9.81. The van der Waals surface area contributed by atoms with E-state index in [9.17, 15) is 10.1 Å². The molecule has 0 aliphatic carbocycles. The normalized spacial score (nSPS) is 13.7. The van der Waals surface area contributed by atoms with Crippen LogP contribution in [0.1, 0.15) is 32.3 Å². The summed E-state index contributed by atoms with van der Waals surface area (Å²) < 4.78 is 5.53. The monoisotopic (exact) mass is 405 g/mol. The second kappa shape index (κ2) is 7.91. The lowest BCUT2D eigenvalue weighted by Gasteiger charge is -2.18. The summed E-state index contributed by atoms with van der Waals surface area (Å²) in [6.07, 6.45) is 3.06. The molecule has 0 atom stereocenters. The van der Waals surface area contributed by atoms with Gasteiger partial charge in [-0.15, -0.1) is 0 Å². The highest BCUT2D eigenvalue weighted by molar-refractivity contribution is 5.96. The predicted molar refractivity (Wildman–Crippen MR) is 115 cm³/mol. The lowest BCUT2D eigenvalue weighted by molar-refractivity contribution is -0.117. The lowest BCUT2D eigenvalue weighted by atomic mass is 10.2. The fourth-order valence-electron chi connectivity index (χ4n) is 3.55. The van der Waals surface area contributed by atoms with Gasteiger partial charge in [-0.25, -0.2) is 0 Å². The number of nitriles is 1. The van der Waals surface area contributed by atoms with E-state index < -0.39 is 0 Å². The molecule has 9 heteroatoms. The molecule has 0 radical (unpaired) electrons. The number of ether oxygens (including phenoxy) is 1. The topological polar surface area (TPSA) is 119 Å². The molecule has 3 aromatic rings. The first-order valence-corrected chi connectivity index (χ1v) is 9.81. The number of hydrogen-bond acceptors (Lipinski definition) is 7. The Kier molecular flexibility index (Phi) is 5.14. The van der Waals surface area contributed by atoms with Gasteiger partial charge >= 0.3 is 0 Å². The molecule has 0 bridgehead atoms. The molecule has 1 aliphatic heterocycles. The smallest absolute Gasteiger partial charge is 0.231 e. The number of aromatic amines is 1. The minimum Gasteiger partial charge on any atom is -0.494 e. The molecule has 30 heavy (non-hydrogen) atoms. The number of amides is 1. The largest absolute Gasteiger partial charge is 0.494 e. The van der Waals surface area contributed by atoms with E-state index in [2.05, 4.69) is 31.7 Å². The summed E-state index contributed by atoms with van der Waals surface area (Å²) in [5, 5.41) is 16.5. The average Bonchev–Trinajstić information content (AvgIpc) is 3.34. The minimum absolute atomic E-state index is 0.121. The molecule has 0 unspecified atom stereocenters. The van der Waals surface area contributed by atoms with Crippen molar-refractivity contribution in [2.24, 2.45) is 0 Å². The number of H-pyrrole nitrogens is 1. The molecule has 1 amide bonds. The van der Waals surface area contributed by atoms with Gasteiger partial charge in [0.05, 0.1) is 23.7 Å². The van der Waals surface area contributed by atoms with Crippen molar-refractivity contribution in [3.63, 3.8) is 0 Å². The Morgan fingerprint density at radius 2 is 2.17 bits per heavy atom. The van der Waals surface area contributed by atoms with Gasteiger partial charge in [0.15, 0.2) is 0 Å². The number of hydrogen-bond donors (Lipinski definition) is 3. The summed E-state index contributed by atoms with van der Waals surface area (Å²) in [5.41, 5.74) is 2.53. The van der Waals surface area contributed by atoms with Crippen LogP contribution in [-0.2, 0) is 4.79 Å². The van der Waals surface area contributed by atoms with Crippen molar-refractivity contribution in [1.29, 1.82) is 5.26 Å². The first-order chi connectivity index (χ1) is 14.5. The minimum atomic E-state index is 0.121. The Balaban J connectivity index is 1.70. The Hall–Kier alpha value is -3.80. The van der Waals surface area contributed by atoms with Gasteiger partial charge in [0.25, 0.3) is 0 Å². The highest BCUT2D eigenvalue weighted by Crippen LogP contribution is 2.34. The van der Waals surface area contributed by atoms with Gasteiger partial charge < -0.3 is 25.3 Å². The fraction of sp³-hybridized carbons (Fsp3) is 0.333. The van der Waals surface area contributed by atoms with Crippen LogP contribution in [0.3, 0.4) is 0 Å². The number of methoxy groups -OCH3 is 1. The van der Waals surface area contributed by atoms with Crippen LogP contribution in [-0.4, -0.2) is 40.6 Å². The Bertz CT molecular complexity index is 1150. The van der Waals surface area contributed by atoms with E-state index in [4.69, 9.17) is 4.74 Å². The van der Waals surface area contributed by atoms with Crippen LogP contribution < -0.4 is 20.3 Å². The maximum Gasteiger partial charge on any atom is 0.231 e. The van der Waals surface area contributed by atoms with Crippen molar-refractivity contribution in [3.8, 4) is 11.8 Å². The first kappa shape index (κ1) is 19.5. The van der Waals surface area contributed by atoms with E-state index in [0.717, 1.165) is 12.1 Å². The zero-order chi connectivity index (χ0) is 21.3. The molecule has 1 aromatic carbocycles. The van der Waals surface area contributed by atoms with E-state index >= 15 is 0 Å². The maximum atomic E-state index is 12.0. The predicted octanol–water partition coefficient (Wildman–Crippen LogP) is 3.53. The number of aromatic nitrogens is 3. The van der Waals surface area contributed by atoms with E-state index in [0.29, 0.717) is 52.8 Å². The zero-order valence-electron chi connectivity index (χ0n) is 17.1. The van der Waals surface area contributed by atoms with Crippen LogP contribution in [0.15, 0.2) is 24.4 Å². The molecule has 9 nitrogen and oxygen atoms in total. The summed E-state index contributed by atoms with van der Waals surface area (Å²) in [4.78, 5) is 25.9. The summed E-state index contributed by atoms with van der Waals surface area (Å²) in [6, 6.07) is 7.85. The molecular weight excluding hydrogens is 382 g/mol. The van der Waals surface area contributed by atoms with Gasteiger partial charge in [-0.2, -0.15) is 15.2 Å². The molecule has 1 saturated heterocycles.